The van der Waals surface area contributed by atoms with Gasteiger partial charge in [-0.3, -0.25) is 4.98 Å². The van der Waals surface area contributed by atoms with Gasteiger partial charge in [-0.2, -0.15) is 0 Å². The third-order valence-corrected chi connectivity index (χ3v) is 3.27. The smallest absolute Gasteiger partial charge is 0.0796 e. The molecule has 2 heterocycles. The Morgan fingerprint density at radius 3 is 2.61 bits per heavy atom. The summed E-state index contributed by atoms with van der Waals surface area (Å²) >= 11 is 0. The van der Waals surface area contributed by atoms with E-state index in [1.54, 1.807) is 0 Å². The number of benzene rings is 2. The van der Waals surface area contributed by atoms with Crippen LogP contribution in [0.5, 0.6) is 0 Å². The lowest BCUT2D eigenvalue weighted by Crippen LogP contribution is -1.85. The molecule has 0 aliphatic carbocycles. The van der Waals surface area contributed by atoms with Crippen molar-refractivity contribution in [2.75, 3.05) is 0 Å². The Bertz CT molecular complexity index is 875. The largest absolute Gasteiger partial charge is 0.256 e. The summed E-state index contributed by atoms with van der Waals surface area (Å²) in [5.41, 5.74) is 3.05. The maximum absolute atomic E-state index is 4.69. The van der Waals surface area contributed by atoms with Crippen LogP contribution < -0.4 is 0 Å². The molecule has 0 radical (unpaired) electrons. The molecule has 0 fully saturated rings. The van der Waals surface area contributed by atoms with E-state index < -0.39 is 0 Å². The highest BCUT2D eigenvalue weighted by Gasteiger charge is 2.04. The minimum absolute atomic E-state index is 1.000. The molecule has 0 saturated carbocycles. The van der Waals surface area contributed by atoms with E-state index in [0.29, 0.717) is 0 Å². The Morgan fingerprint density at radius 2 is 1.61 bits per heavy atom. The fourth-order valence-corrected chi connectivity index (χ4v) is 2.39. The predicted octanol–water partition coefficient (Wildman–Crippen LogP) is 3.94. The highest BCUT2D eigenvalue weighted by Crippen LogP contribution is 2.25. The zero-order chi connectivity index (χ0) is 11.9. The fraction of sp³-hybridized carbons (Fsp3) is 0. The number of nitrogens with zero attached hydrogens (tertiary/aromatic N) is 2. The first-order chi connectivity index (χ1) is 8.92. The Balaban J connectivity index is 2.27. The molecule has 0 amide bonds. The topological polar surface area (TPSA) is 25.8 Å². The van der Waals surface area contributed by atoms with Gasteiger partial charge in [0.15, 0.2) is 0 Å². The first-order valence-electron chi connectivity index (χ1n) is 5.95. The normalized spacial score (nSPS) is 11.3. The second-order valence-electron chi connectivity index (χ2n) is 4.39. The second-order valence-corrected chi connectivity index (χ2v) is 4.39. The van der Waals surface area contributed by atoms with Crippen LogP contribution in [0.4, 0.5) is 0 Å². The van der Waals surface area contributed by atoms with E-state index in [9.17, 15) is 0 Å². The molecule has 18 heavy (non-hydrogen) atoms. The van der Waals surface area contributed by atoms with Crippen molar-refractivity contribution in [3.8, 4) is 0 Å². The van der Waals surface area contributed by atoms with Crippen molar-refractivity contribution in [1.29, 1.82) is 0 Å². The van der Waals surface area contributed by atoms with Crippen molar-refractivity contribution in [1.82, 2.24) is 9.97 Å². The van der Waals surface area contributed by atoms with Crippen molar-refractivity contribution >= 4 is 32.7 Å². The number of aromatic nitrogens is 2. The zero-order valence-corrected chi connectivity index (χ0v) is 9.67. The molecule has 0 N–H and O–H groups in total. The molecule has 0 aliphatic rings. The van der Waals surface area contributed by atoms with Gasteiger partial charge in [0.2, 0.25) is 0 Å². The maximum Gasteiger partial charge on any atom is 0.0796 e. The van der Waals surface area contributed by atoms with Crippen molar-refractivity contribution in [2.45, 2.75) is 0 Å². The highest BCUT2D eigenvalue weighted by atomic mass is 14.7. The van der Waals surface area contributed by atoms with Crippen molar-refractivity contribution in [3.63, 3.8) is 0 Å². The van der Waals surface area contributed by atoms with Gasteiger partial charge in [0.05, 0.1) is 16.6 Å². The van der Waals surface area contributed by atoms with Gasteiger partial charge in [-0.1, -0.05) is 30.3 Å². The molecule has 0 atom stereocenters. The molecule has 0 saturated heterocycles. The van der Waals surface area contributed by atoms with Crippen LogP contribution in [0.2, 0.25) is 0 Å². The van der Waals surface area contributed by atoms with Gasteiger partial charge >= 0.3 is 0 Å². The lowest BCUT2D eigenvalue weighted by molar-refractivity contribution is 1.42. The van der Waals surface area contributed by atoms with Gasteiger partial charge in [0.25, 0.3) is 0 Å². The van der Waals surface area contributed by atoms with Gasteiger partial charge in [-0.05, 0) is 24.3 Å². The van der Waals surface area contributed by atoms with E-state index in [1.165, 1.54) is 0 Å². The zero-order valence-electron chi connectivity index (χ0n) is 9.67. The summed E-state index contributed by atoms with van der Waals surface area (Å²) < 4.78 is 0. The Kier molecular flexibility index (Phi) is 1.86. The number of hydrogen-bond donors (Lipinski definition) is 0. The van der Waals surface area contributed by atoms with Gasteiger partial charge < -0.3 is 0 Å². The van der Waals surface area contributed by atoms with E-state index in [1.807, 2.05) is 30.5 Å². The molecular weight excluding hydrogens is 220 g/mol. The summed E-state index contributed by atoms with van der Waals surface area (Å²) in [5.74, 6) is 0. The van der Waals surface area contributed by atoms with Gasteiger partial charge in [-0.25, -0.2) is 4.98 Å². The minimum atomic E-state index is 1.000. The average Bonchev–Trinajstić information content (AvgIpc) is 2.45. The van der Waals surface area contributed by atoms with Crippen LogP contribution in [-0.4, -0.2) is 9.97 Å². The third kappa shape index (κ3) is 1.29. The summed E-state index contributed by atoms with van der Waals surface area (Å²) in [7, 11) is 0. The van der Waals surface area contributed by atoms with Crippen LogP contribution in [0.15, 0.2) is 60.8 Å². The fourth-order valence-electron chi connectivity index (χ4n) is 2.39. The Morgan fingerprint density at radius 1 is 0.722 bits per heavy atom. The van der Waals surface area contributed by atoms with Crippen molar-refractivity contribution in [2.24, 2.45) is 0 Å². The Hall–Kier alpha value is -2.48. The van der Waals surface area contributed by atoms with Crippen LogP contribution >= 0.6 is 0 Å². The summed E-state index contributed by atoms with van der Waals surface area (Å²) in [5, 5.41) is 3.43. The molecule has 0 bridgehead atoms. The van der Waals surface area contributed by atoms with E-state index in [0.717, 1.165) is 32.7 Å². The maximum atomic E-state index is 4.69. The molecule has 2 aromatic carbocycles. The molecule has 0 unspecified atom stereocenters. The lowest BCUT2D eigenvalue weighted by atomic mass is 10.1. The van der Waals surface area contributed by atoms with Crippen LogP contribution in [-0.2, 0) is 0 Å². The SMILES string of the molecule is c1ccc2nc3ccc4cccnc4c3cc2c1. The van der Waals surface area contributed by atoms with Crippen molar-refractivity contribution < 1.29 is 0 Å². The van der Waals surface area contributed by atoms with E-state index in [2.05, 4.69) is 40.3 Å². The summed E-state index contributed by atoms with van der Waals surface area (Å²) in [4.78, 5) is 9.16. The quantitative estimate of drug-likeness (QED) is 0.338. The van der Waals surface area contributed by atoms with Gasteiger partial charge in [0.1, 0.15) is 0 Å². The number of fused-ring (bicyclic) bond motifs is 4. The molecule has 0 spiro atoms. The average molecular weight is 230 g/mol. The second kappa shape index (κ2) is 3.50. The standard InChI is InChI=1S/C16H10N2/c1-2-6-14-12(4-1)10-13-15(18-14)8-7-11-5-3-9-17-16(11)13/h1-10H. The van der Waals surface area contributed by atoms with E-state index >= 15 is 0 Å². The van der Waals surface area contributed by atoms with Gasteiger partial charge in [0, 0.05) is 22.4 Å². The molecule has 0 aliphatic heterocycles. The molecule has 4 rings (SSSR count). The summed E-state index contributed by atoms with van der Waals surface area (Å²) in [6.07, 6.45) is 1.83. The first-order valence-corrected chi connectivity index (χ1v) is 5.95. The third-order valence-electron chi connectivity index (χ3n) is 3.27. The van der Waals surface area contributed by atoms with Crippen LogP contribution in [0, 0.1) is 0 Å². The molecule has 2 heteroatoms. The summed E-state index contributed by atoms with van der Waals surface area (Å²) in [6, 6.07) is 18.5. The number of rotatable bonds is 0. The molecule has 2 aromatic heterocycles. The number of pyridine rings is 2. The number of para-hydroxylation sites is 1. The van der Waals surface area contributed by atoms with Gasteiger partial charge in [-0.15, -0.1) is 0 Å². The predicted molar refractivity (Wildman–Crippen MR) is 74.6 cm³/mol. The van der Waals surface area contributed by atoms with E-state index in [4.69, 9.17) is 0 Å². The lowest BCUT2D eigenvalue weighted by Gasteiger charge is -2.04. The summed E-state index contributed by atoms with van der Waals surface area (Å²) in [6.45, 7) is 0. The van der Waals surface area contributed by atoms with Crippen molar-refractivity contribution in [3.05, 3.63) is 60.8 Å². The van der Waals surface area contributed by atoms with Crippen LogP contribution in [0.3, 0.4) is 0 Å². The first kappa shape index (κ1) is 9.54. The Labute approximate surface area is 104 Å². The molecule has 4 aromatic rings. The van der Waals surface area contributed by atoms with Crippen LogP contribution in [0.1, 0.15) is 0 Å². The number of hydrogen-bond acceptors (Lipinski definition) is 2. The molecule has 84 valence electrons. The molecular formula is C16H10N2. The monoisotopic (exact) mass is 230 g/mol. The minimum Gasteiger partial charge on any atom is -0.256 e. The molecule has 2 nitrogen and oxygen atoms in total. The highest BCUT2D eigenvalue weighted by molar-refractivity contribution is 6.07. The van der Waals surface area contributed by atoms with E-state index in [-0.39, 0.29) is 0 Å². The van der Waals surface area contributed by atoms with Crippen LogP contribution in [0.25, 0.3) is 32.7 Å².